The van der Waals surface area contributed by atoms with Crippen LogP contribution in [0, 0.1) is 13.8 Å². The number of aryl methyl sites for hydroxylation is 1. The van der Waals surface area contributed by atoms with E-state index >= 15 is 0 Å². The van der Waals surface area contributed by atoms with Crippen LogP contribution in [-0.4, -0.2) is 4.98 Å². The van der Waals surface area contributed by atoms with Crippen LogP contribution in [-0.2, 0) is 0 Å². The molecule has 1 aromatic carbocycles. The molecule has 0 atom stereocenters. The largest absolute Gasteiger partial charge is 0.331 e. The third-order valence-corrected chi connectivity index (χ3v) is 3.74. The summed E-state index contributed by atoms with van der Waals surface area (Å²) in [4.78, 5) is 4.58. The molecule has 0 spiro atoms. The molecule has 0 amide bonds. The van der Waals surface area contributed by atoms with E-state index in [2.05, 4.69) is 61.6 Å². The molecular weight excluding hydrogens is 252 g/mol. The number of benzene rings is 1. The summed E-state index contributed by atoms with van der Waals surface area (Å²) >= 11 is 1.67. The summed E-state index contributed by atoms with van der Waals surface area (Å²) in [5, 5.41) is 6.49. The monoisotopic (exact) mass is 276 g/mol. The fourth-order valence-electron chi connectivity index (χ4n) is 1.61. The van der Waals surface area contributed by atoms with Crippen molar-refractivity contribution >= 4 is 22.2 Å². The number of anilines is 2. The van der Waals surface area contributed by atoms with E-state index in [1.165, 1.54) is 11.1 Å². The number of thiazole rings is 1. The molecule has 0 aliphatic heterocycles. The van der Waals surface area contributed by atoms with E-state index in [1.54, 1.807) is 11.3 Å². The van der Waals surface area contributed by atoms with Gasteiger partial charge in [-0.2, -0.15) is 0 Å². The Morgan fingerprint density at radius 3 is 2.42 bits per heavy atom. The minimum atomic E-state index is 0.486. The molecule has 0 aliphatic carbocycles. The number of rotatable bonds is 3. The molecule has 0 unspecified atom stereocenters. The summed E-state index contributed by atoms with van der Waals surface area (Å²) in [6.45, 7) is 12.6. The van der Waals surface area contributed by atoms with Crippen LogP contribution in [0.3, 0.4) is 0 Å². The van der Waals surface area contributed by atoms with E-state index < -0.39 is 0 Å². The maximum absolute atomic E-state index is 4.58. The third-order valence-electron chi connectivity index (χ3n) is 2.96. The lowest BCUT2D eigenvalue weighted by Gasteiger charge is -2.08. The van der Waals surface area contributed by atoms with Gasteiger partial charge in [-0.3, -0.25) is 0 Å². The van der Waals surface area contributed by atoms with Gasteiger partial charge in [-0.05, 0) is 37.0 Å². The quantitative estimate of drug-likeness (QED) is 0.783. The van der Waals surface area contributed by atoms with Crippen molar-refractivity contribution in [2.45, 2.75) is 47.5 Å². The van der Waals surface area contributed by atoms with Gasteiger partial charge in [-0.1, -0.05) is 39.8 Å². The highest BCUT2D eigenvalue weighted by Gasteiger charge is 2.07. The normalized spacial score (nSPS) is 10.1. The molecule has 104 valence electrons. The zero-order valence-corrected chi connectivity index (χ0v) is 13.6. The highest BCUT2D eigenvalue weighted by atomic mass is 32.1. The average Bonchev–Trinajstić information content (AvgIpc) is 2.86. The second-order valence-electron chi connectivity index (χ2n) is 4.60. The zero-order valence-electron chi connectivity index (χ0n) is 12.7. The number of aromatic nitrogens is 1. The van der Waals surface area contributed by atoms with E-state index in [0.29, 0.717) is 5.92 Å². The summed E-state index contributed by atoms with van der Waals surface area (Å²) in [5.41, 5.74) is 4.89. The van der Waals surface area contributed by atoms with Crippen molar-refractivity contribution in [2.75, 3.05) is 5.32 Å². The molecule has 0 saturated carbocycles. The Kier molecular flexibility index (Phi) is 6.03. The van der Waals surface area contributed by atoms with Gasteiger partial charge < -0.3 is 5.32 Å². The van der Waals surface area contributed by atoms with Crippen LogP contribution in [0.2, 0.25) is 0 Å². The highest BCUT2D eigenvalue weighted by Crippen LogP contribution is 2.27. The maximum Gasteiger partial charge on any atom is 0.187 e. The van der Waals surface area contributed by atoms with E-state index in [1.807, 2.05) is 13.8 Å². The first-order valence-electron chi connectivity index (χ1n) is 6.86. The lowest BCUT2D eigenvalue weighted by atomic mass is 10.1. The molecule has 0 fully saturated rings. The van der Waals surface area contributed by atoms with Gasteiger partial charge in [0.15, 0.2) is 5.13 Å². The minimum absolute atomic E-state index is 0.486. The molecule has 2 aromatic rings. The summed E-state index contributed by atoms with van der Waals surface area (Å²) < 4.78 is 0. The third kappa shape index (κ3) is 4.06. The molecule has 1 N–H and O–H groups in total. The van der Waals surface area contributed by atoms with E-state index in [9.17, 15) is 0 Å². The molecule has 1 heterocycles. The molecule has 3 heteroatoms. The van der Waals surface area contributed by atoms with Gasteiger partial charge in [-0.15, -0.1) is 11.3 Å². The average molecular weight is 276 g/mol. The zero-order chi connectivity index (χ0) is 14.4. The molecule has 0 saturated heterocycles. The fraction of sp³-hybridized carbons (Fsp3) is 0.438. The van der Waals surface area contributed by atoms with Crippen LogP contribution in [0.25, 0.3) is 0 Å². The second kappa shape index (κ2) is 7.29. The summed E-state index contributed by atoms with van der Waals surface area (Å²) in [5.74, 6) is 0.486. The Bertz CT molecular complexity index is 515. The van der Waals surface area contributed by atoms with Gasteiger partial charge in [0.25, 0.3) is 0 Å². The lowest BCUT2D eigenvalue weighted by Crippen LogP contribution is -1.95. The van der Waals surface area contributed by atoms with E-state index in [-0.39, 0.29) is 0 Å². The van der Waals surface area contributed by atoms with Gasteiger partial charge in [-0.25, -0.2) is 4.98 Å². The second-order valence-corrected chi connectivity index (χ2v) is 5.46. The fourth-order valence-corrected chi connectivity index (χ4v) is 2.49. The van der Waals surface area contributed by atoms with Crippen molar-refractivity contribution in [3.05, 3.63) is 40.4 Å². The number of nitrogens with one attached hydrogen (secondary N) is 1. The lowest BCUT2D eigenvalue weighted by molar-refractivity contribution is 0.834. The summed E-state index contributed by atoms with van der Waals surface area (Å²) in [6, 6.07) is 6.29. The molecule has 2 rings (SSSR count). The van der Waals surface area contributed by atoms with Gasteiger partial charge in [0, 0.05) is 11.1 Å². The van der Waals surface area contributed by atoms with Crippen molar-refractivity contribution in [3.8, 4) is 0 Å². The first-order valence-corrected chi connectivity index (χ1v) is 7.74. The maximum atomic E-state index is 4.58. The Balaban J connectivity index is 0.000000861. The Morgan fingerprint density at radius 2 is 1.84 bits per heavy atom. The molecule has 2 nitrogen and oxygen atoms in total. The number of hydrogen-bond acceptors (Lipinski definition) is 3. The molecule has 1 aromatic heterocycles. The van der Waals surface area contributed by atoms with Crippen molar-refractivity contribution in [2.24, 2.45) is 0 Å². The number of nitrogens with zero attached hydrogens (tertiary/aromatic N) is 1. The number of hydrogen-bond donors (Lipinski definition) is 1. The van der Waals surface area contributed by atoms with Crippen LogP contribution in [0.15, 0.2) is 23.6 Å². The topological polar surface area (TPSA) is 24.9 Å². The summed E-state index contributed by atoms with van der Waals surface area (Å²) in [6.07, 6.45) is 0. The van der Waals surface area contributed by atoms with Crippen LogP contribution >= 0.6 is 11.3 Å². The van der Waals surface area contributed by atoms with Crippen LogP contribution in [0.5, 0.6) is 0 Å². The van der Waals surface area contributed by atoms with E-state index in [4.69, 9.17) is 0 Å². The van der Waals surface area contributed by atoms with Gasteiger partial charge >= 0.3 is 0 Å². The smallest absolute Gasteiger partial charge is 0.187 e. The van der Waals surface area contributed by atoms with Gasteiger partial charge in [0.05, 0.1) is 5.69 Å². The standard InChI is InChI=1S/C14H18N2S.C2H6/c1-9(2)13-8-17-14(16-13)15-12-7-5-6-10(3)11(12)4;1-2/h5-9H,1-4H3,(H,15,16);1-2H3. The Hall–Kier alpha value is -1.35. The molecule has 0 aliphatic rings. The van der Waals surface area contributed by atoms with Crippen LogP contribution in [0.1, 0.15) is 50.4 Å². The van der Waals surface area contributed by atoms with Crippen molar-refractivity contribution in [1.29, 1.82) is 0 Å². The molecular formula is C16H24N2S. The Morgan fingerprint density at radius 1 is 1.16 bits per heavy atom. The van der Waals surface area contributed by atoms with Gasteiger partial charge in [0.1, 0.15) is 0 Å². The summed E-state index contributed by atoms with van der Waals surface area (Å²) in [7, 11) is 0. The predicted octanol–water partition coefficient (Wildman–Crippen LogP) is 5.65. The minimum Gasteiger partial charge on any atom is -0.331 e. The predicted molar refractivity (Wildman–Crippen MR) is 86.7 cm³/mol. The van der Waals surface area contributed by atoms with Crippen molar-refractivity contribution in [1.82, 2.24) is 4.98 Å². The van der Waals surface area contributed by atoms with Crippen LogP contribution in [0.4, 0.5) is 10.8 Å². The SMILES string of the molecule is CC.Cc1cccc(Nc2nc(C(C)C)cs2)c1C. The van der Waals surface area contributed by atoms with E-state index in [0.717, 1.165) is 16.5 Å². The van der Waals surface area contributed by atoms with Crippen molar-refractivity contribution in [3.63, 3.8) is 0 Å². The van der Waals surface area contributed by atoms with Crippen LogP contribution < -0.4 is 5.32 Å². The first-order chi connectivity index (χ1) is 9.08. The van der Waals surface area contributed by atoms with Crippen molar-refractivity contribution < 1.29 is 0 Å². The highest BCUT2D eigenvalue weighted by molar-refractivity contribution is 7.13. The first kappa shape index (κ1) is 15.7. The molecule has 19 heavy (non-hydrogen) atoms. The Labute approximate surface area is 120 Å². The molecule has 0 bridgehead atoms. The molecule has 0 radical (unpaired) electrons. The van der Waals surface area contributed by atoms with Gasteiger partial charge in [0.2, 0.25) is 0 Å².